The molecule has 6 nitrogen and oxygen atoms in total. The molecule has 7 heteroatoms. The molecule has 1 N–H and O–H groups in total. The summed E-state index contributed by atoms with van der Waals surface area (Å²) in [6.07, 6.45) is 0. The lowest BCUT2D eigenvalue weighted by Crippen LogP contribution is -2.28. The van der Waals surface area contributed by atoms with Gasteiger partial charge < -0.3 is 14.6 Å². The molecule has 0 aliphatic heterocycles. The fraction of sp³-hybridized carbons (Fsp3) is 0.167. The van der Waals surface area contributed by atoms with E-state index in [0.29, 0.717) is 17.5 Å². The van der Waals surface area contributed by atoms with Crippen molar-refractivity contribution in [3.05, 3.63) is 64.5 Å². The van der Waals surface area contributed by atoms with Crippen molar-refractivity contribution in [3.63, 3.8) is 0 Å². The second-order valence-corrected chi connectivity index (χ2v) is 6.27. The Kier molecular flexibility index (Phi) is 5.45. The van der Waals surface area contributed by atoms with Gasteiger partial charge in [-0.25, -0.2) is 0 Å². The van der Waals surface area contributed by atoms with E-state index in [1.807, 2.05) is 55.5 Å². The fourth-order valence-electron chi connectivity index (χ4n) is 2.17. The highest BCUT2D eigenvalue weighted by Crippen LogP contribution is 2.22. The molecule has 0 fully saturated rings. The Morgan fingerprint density at radius 2 is 2.04 bits per heavy atom. The van der Waals surface area contributed by atoms with E-state index in [0.717, 1.165) is 15.6 Å². The summed E-state index contributed by atoms with van der Waals surface area (Å²) in [5.74, 6) is 1.24. The minimum absolute atomic E-state index is 0.0812. The zero-order chi connectivity index (χ0) is 17.6. The van der Waals surface area contributed by atoms with Crippen molar-refractivity contribution in [1.29, 1.82) is 0 Å². The number of benzene rings is 2. The number of amides is 1. The van der Waals surface area contributed by atoms with Crippen LogP contribution >= 0.6 is 15.9 Å². The van der Waals surface area contributed by atoms with Crippen LogP contribution in [0.1, 0.15) is 11.5 Å². The Morgan fingerprint density at radius 1 is 1.24 bits per heavy atom. The number of nitrogens with zero attached hydrogens (tertiary/aromatic N) is 2. The Morgan fingerprint density at radius 3 is 2.80 bits per heavy atom. The quantitative estimate of drug-likeness (QED) is 0.683. The monoisotopic (exact) mass is 401 g/mol. The molecule has 0 unspecified atom stereocenters. The third-order valence-corrected chi connectivity index (χ3v) is 3.93. The lowest BCUT2D eigenvalue weighted by Gasteiger charge is -2.09. The third-order valence-electron chi connectivity index (χ3n) is 3.43. The van der Waals surface area contributed by atoms with Crippen molar-refractivity contribution < 1.29 is 14.1 Å². The number of halogens is 1. The molecule has 1 heterocycles. The number of hydrogen-bond acceptors (Lipinski definition) is 5. The van der Waals surface area contributed by atoms with E-state index in [2.05, 4.69) is 31.4 Å². The SMILES string of the molecule is Cc1cc(Br)ccc1OCC(=O)NCc1nc(-c2ccccc2)no1. The van der Waals surface area contributed by atoms with Crippen LogP contribution in [0.25, 0.3) is 11.4 Å². The summed E-state index contributed by atoms with van der Waals surface area (Å²) in [6.45, 7) is 1.99. The van der Waals surface area contributed by atoms with E-state index in [9.17, 15) is 4.79 Å². The normalized spacial score (nSPS) is 10.5. The molecule has 25 heavy (non-hydrogen) atoms. The standard InChI is InChI=1S/C18H16BrN3O3/c1-12-9-14(19)7-8-15(12)24-11-16(23)20-10-17-21-18(22-25-17)13-5-3-2-4-6-13/h2-9H,10-11H2,1H3,(H,20,23). The molecule has 0 aliphatic rings. The Balaban J connectivity index is 1.50. The number of rotatable bonds is 6. The molecule has 2 aromatic carbocycles. The molecule has 0 spiro atoms. The number of ether oxygens (including phenoxy) is 1. The first-order chi connectivity index (χ1) is 12.1. The van der Waals surface area contributed by atoms with Gasteiger partial charge in [-0.15, -0.1) is 0 Å². The molecule has 128 valence electrons. The predicted molar refractivity (Wildman–Crippen MR) is 96.0 cm³/mol. The van der Waals surface area contributed by atoms with Crippen LogP contribution in [0.5, 0.6) is 5.75 Å². The molecule has 3 aromatic rings. The molecule has 1 amide bonds. The van der Waals surface area contributed by atoms with Gasteiger partial charge in [0.2, 0.25) is 11.7 Å². The van der Waals surface area contributed by atoms with Crippen LogP contribution < -0.4 is 10.1 Å². The Hall–Kier alpha value is -2.67. The van der Waals surface area contributed by atoms with Crippen LogP contribution in [0.2, 0.25) is 0 Å². The molecule has 0 bridgehead atoms. The molecule has 1 aromatic heterocycles. The van der Waals surface area contributed by atoms with Gasteiger partial charge in [0.05, 0.1) is 6.54 Å². The van der Waals surface area contributed by atoms with Gasteiger partial charge in [0.1, 0.15) is 5.75 Å². The first-order valence-corrected chi connectivity index (χ1v) is 8.45. The van der Waals surface area contributed by atoms with Crippen molar-refractivity contribution in [2.24, 2.45) is 0 Å². The maximum Gasteiger partial charge on any atom is 0.258 e. The summed E-state index contributed by atoms with van der Waals surface area (Å²) < 4.78 is 11.6. The maximum absolute atomic E-state index is 11.9. The van der Waals surface area contributed by atoms with Gasteiger partial charge in [0, 0.05) is 10.0 Å². The van der Waals surface area contributed by atoms with Gasteiger partial charge >= 0.3 is 0 Å². The molecule has 0 atom stereocenters. The van der Waals surface area contributed by atoms with E-state index in [1.165, 1.54) is 0 Å². The van der Waals surface area contributed by atoms with Crippen LogP contribution in [0.3, 0.4) is 0 Å². The zero-order valence-corrected chi connectivity index (χ0v) is 15.1. The number of nitrogens with one attached hydrogen (secondary N) is 1. The van der Waals surface area contributed by atoms with Crippen molar-refractivity contribution in [2.75, 3.05) is 6.61 Å². The number of aryl methyl sites for hydroxylation is 1. The highest BCUT2D eigenvalue weighted by atomic mass is 79.9. The van der Waals surface area contributed by atoms with Crippen molar-refractivity contribution >= 4 is 21.8 Å². The second-order valence-electron chi connectivity index (χ2n) is 5.35. The van der Waals surface area contributed by atoms with Crippen molar-refractivity contribution in [3.8, 4) is 17.1 Å². The van der Waals surface area contributed by atoms with Crippen LogP contribution in [0, 0.1) is 6.92 Å². The number of carbonyl (C=O) groups is 1. The maximum atomic E-state index is 11.9. The predicted octanol–water partition coefficient (Wildman–Crippen LogP) is 3.50. The summed E-state index contributed by atoms with van der Waals surface area (Å²) in [7, 11) is 0. The van der Waals surface area contributed by atoms with Crippen molar-refractivity contribution in [1.82, 2.24) is 15.5 Å². The Labute approximate surface area is 153 Å². The van der Waals surface area contributed by atoms with E-state index < -0.39 is 0 Å². The minimum atomic E-state index is -0.262. The number of aromatic nitrogens is 2. The van der Waals surface area contributed by atoms with Gasteiger partial charge in [-0.3, -0.25) is 4.79 Å². The molecular formula is C18H16BrN3O3. The lowest BCUT2D eigenvalue weighted by molar-refractivity contribution is -0.123. The average Bonchev–Trinajstić information content (AvgIpc) is 3.09. The number of hydrogen-bond donors (Lipinski definition) is 1. The highest BCUT2D eigenvalue weighted by molar-refractivity contribution is 9.10. The number of carbonyl (C=O) groups excluding carboxylic acids is 1. The highest BCUT2D eigenvalue weighted by Gasteiger charge is 2.10. The van der Waals surface area contributed by atoms with E-state index in [-0.39, 0.29) is 19.1 Å². The topological polar surface area (TPSA) is 77.2 Å². The molecule has 0 saturated heterocycles. The largest absolute Gasteiger partial charge is 0.484 e. The average molecular weight is 402 g/mol. The first-order valence-electron chi connectivity index (χ1n) is 7.65. The van der Waals surface area contributed by atoms with Crippen LogP contribution in [0.4, 0.5) is 0 Å². The molecule has 0 aliphatic carbocycles. The molecule has 3 rings (SSSR count). The van der Waals surface area contributed by atoms with Gasteiger partial charge in [0.25, 0.3) is 5.91 Å². The molecule has 0 radical (unpaired) electrons. The lowest BCUT2D eigenvalue weighted by atomic mass is 10.2. The smallest absolute Gasteiger partial charge is 0.258 e. The first kappa shape index (κ1) is 17.2. The van der Waals surface area contributed by atoms with Gasteiger partial charge in [0.15, 0.2) is 6.61 Å². The fourth-order valence-corrected chi connectivity index (χ4v) is 2.65. The Bertz CT molecular complexity index is 865. The molecular weight excluding hydrogens is 386 g/mol. The summed E-state index contributed by atoms with van der Waals surface area (Å²) in [6, 6.07) is 15.1. The van der Waals surface area contributed by atoms with Crippen LogP contribution in [0.15, 0.2) is 57.5 Å². The van der Waals surface area contributed by atoms with E-state index in [4.69, 9.17) is 9.26 Å². The molecule has 0 saturated carbocycles. The zero-order valence-electron chi connectivity index (χ0n) is 13.5. The van der Waals surface area contributed by atoms with Gasteiger partial charge in [-0.2, -0.15) is 4.98 Å². The van der Waals surface area contributed by atoms with Gasteiger partial charge in [-0.1, -0.05) is 51.4 Å². The van der Waals surface area contributed by atoms with Crippen molar-refractivity contribution in [2.45, 2.75) is 13.5 Å². The summed E-state index contributed by atoms with van der Waals surface area (Å²) in [5, 5.41) is 6.60. The minimum Gasteiger partial charge on any atom is -0.484 e. The van der Waals surface area contributed by atoms with E-state index in [1.54, 1.807) is 0 Å². The van der Waals surface area contributed by atoms with E-state index >= 15 is 0 Å². The third kappa shape index (κ3) is 4.67. The van der Waals surface area contributed by atoms with Crippen LogP contribution in [-0.4, -0.2) is 22.7 Å². The summed E-state index contributed by atoms with van der Waals surface area (Å²) in [5.41, 5.74) is 1.81. The van der Waals surface area contributed by atoms with Gasteiger partial charge in [-0.05, 0) is 30.7 Å². The second kappa shape index (κ2) is 7.94. The summed E-state index contributed by atoms with van der Waals surface area (Å²) in [4.78, 5) is 16.2. The van der Waals surface area contributed by atoms with Crippen LogP contribution in [-0.2, 0) is 11.3 Å². The summed E-state index contributed by atoms with van der Waals surface area (Å²) >= 11 is 3.39.